The molecule has 0 aromatic carbocycles. The standard InChI is InChI=1S/C20H32N4O4S/c1-15-21-18(28-22-15)12-29-13-19(26)23-6-4-20(5-7-23)10-17(25)11-24(14-20)16-2-8-27-9-3-16/h16-17,25H,2-14H2,1H3. The summed E-state index contributed by atoms with van der Waals surface area (Å²) in [6.45, 7) is 6.84. The van der Waals surface area contributed by atoms with Crippen LogP contribution in [-0.4, -0.2) is 88.2 Å². The molecule has 0 bridgehead atoms. The summed E-state index contributed by atoms with van der Waals surface area (Å²) in [5.74, 6) is 2.38. The Balaban J connectivity index is 1.25. The maximum absolute atomic E-state index is 12.6. The molecule has 0 saturated carbocycles. The van der Waals surface area contributed by atoms with Crippen LogP contribution >= 0.6 is 11.8 Å². The minimum atomic E-state index is -0.262. The molecular weight excluding hydrogens is 392 g/mol. The molecule has 8 nitrogen and oxygen atoms in total. The number of carbonyl (C=O) groups excluding carboxylic acids is 1. The van der Waals surface area contributed by atoms with E-state index in [1.165, 1.54) is 11.8 Å². The highest BCUT2D eigenvalue weighted by atomic mass is 32.2. The number of likely N-dealkylation sites (tertiary alicyclic amines) is 2. The fourth-order valence-corrected chi connectivity index (χ4v) is 5.78. The number of thioether (sulfide) groups is 1. The van der Waals surface area contributed by atoms with Crippen LogP contribution in [0.15, 0.2) is 4.52 Å². The van der Waals surface area contributed by atoms with Crippen molar-refractivity contribution < 1.29 is 19.2 Å². The van der Waals surface area contributed by atoms with Gasteiger partial charge in [0.1, 0.15) is 0 Å². The Morgan fingerprint density at radius 1 is 1.31 bits per heavy atom. The van der Waals surface area contributed by atoms with Crippen LogP contribution in [0.2, 0.25) is 0 Å². The minimum absolute atomic E-state index is 0.140. The van der Waals surface area contributed by atoms with E-state index in [0.29, 0.717) is 29.3 Å². The molecule has 4 rings (SSSR count). The number of aliphatic hydroxyl groups excluding tert-OH is 1. The smallest absolute Gasteiger partial charge is 0.236 e. The van der Waals surface area contributed by atoms with Gasteiger partial charge in [-0.1, -0.05) is 5.16 Å². The summed E-state index contributed by atoms with van der Waals surface area (Å²) >= 11 is 1.52. The summed E-state index contributed by atoms with van der Waals surface area (Å²) < 4.78 is 10.6. The second kappa shape index (κ2) is 9.32. The number of aryl methyl sites for hydroxylation is 1. The topological polar surface area (TPSA) is 91.9 Å². The van der Waals surface area contributed by atoms with Gasteiger partial charge in [-0.3, -0.25) is 9.69 Å². The fraction of sp³-hybridized carbons (Fsp3) is 0.850. The van der Waals surface area contributed by atoms with E-state index in [2.05, 4.69) is 15.0 Å². The number of ether oxygens (including phenoxy) is 1. The molecule has 3 saturated heterocycles. The quantitative estimate of drug-likeness (QED) is 0.760. The second-order valence-corrected chi connectivity index (χ2v) is 9.73. The van der Waals surface area contributed by atoms with Crippen LogP contribution in [0.5, 0.6) is 0 Å². The number of nitrogens with zero attached hydrogens (tertiary/aromatic N) is 4. The van der Waals surface area contributed by atoms with Gasteiger partial charge in [0.2, 0.25) is 11.8 Å². The van der Waals surface area contributed by atoms with E-state index in [-0.39, 0.29) is 17.4 Å². The normalized spacial score (nSPS) is 26.1. The number of rotatable bonds is 5. The lowest BCUT2D eigenvalue weighted by Crippen LogP contribution is -2.57. The van der Waals surface area contributed by atoms with E-state index in [9.17, 15) is 9.90 Å². The van der Waals surface area contributed by atoms with Crippen molar-refractivity contribution in [1.82, 2.24) is 19.9 Å². The lowest BCUT2D eigenvalue weighted by molar-refractivity contribution is -0.133. The van der Waals surface area contributed by atoms with Gasteiger partial charge in [-0.2, -0.15) is 4.98 Å². The van der Waals surface area contributed by atoms with Gasteiger partial charge < -0.3 is 19.3 Å². The van der Waals surface area contributed by atoms with Crippen molar-refractivity contribution in [2.24, 2.45) is 5.41 Å². The first-order valence-electron chi connectivity index (χ1n) is 10.7. The third-order valence-corrected chi connectivity index (χ3v) is 7.46. The molecule has 1 atom stereocenters. The van der Waals surface area contributed by atoms with Gasteiger partial charge in [-0.05, 0) is 44.4 Å². The third-order valence-electron chi connectivity index (χ3n) is 6.56. The predicted molar refractivity (Wildman–Crippen MR) is 109 cm³/mol. The largest absolute Gasteiger partial charge is 0.392 e. The summed E-state index contributed by atoms with van der Waals surface area (Å²) in [5.41, 5.74) is 0.140. The van der Waals surface area contributed by atoms with E-state index in [1.807, 2.05) is 4.90 Å². The molecule has 0 aliphatic carbocycles. The van der Waals surface area contributed by atoms with Crippen LogP contribution in [0.4, 0.5) is 0 Å². The van der Waals surface area contributed by atoms with Gasteiger partial charge >= 0.3 is 0 Å². The van der Waals surface area contributed by atoms with Crippen molar-refractivity contribution in [1.29, 1.82) is 0 Å². The molecule has 1 aromatic heterocycles. The first-order valence-corrected chi connectivity index (χ1v) is 11.8. The van der Waals surface area contributed by atoms with E-state index >= 15 is 0 Å². The highest BCUT2D eigenvalue weighted by Crippen LogP contribution is 2.41. The third kappa shape index (κ3) is 5.31. The molecule has 0 radical (unpaired) electrons. The van der Waals surface area contributed by atoms with Crippen molar-refractivity contribution in [3.63, 3.8) is 0 Å². The Hall–Kier alpha value is -1.16. The van der Waals surface area contributed by atoms with Crippen molar-refractivity contribution in [3.05, 3.63) is 11.7 Å². The maximum Gasteiger partial charge on any atom is 0.236 e. The van der Waals surface area contributed by atoms with Crippen molar-refractivity contribution in [3.8, 4) is 0 Å². The lowest BCUT2D eigenvalue weighted by Gasteiger charge is -2.51. The number of hydrogen-bond donors (Lipinski definition) is 1. The van der Waals surface area contributed by atoms with Gasteiger partial charge in [-0.15, -0.1) is 11.8 Å². The van der Waals surface area contributed by atoms with Crippen molar-refractivity contribution in [2.75, 3.05) is 45.1 Å². The van der Waals surface area contributed by atoms with E-state index in [0.717, 1.165) is 71.5 Å². The molecule has 1 amide bonds. The first kappa shape index (κ1) is 21.1. The predicted octanol–water partition coefficient (Wildman–Crippen LogP) is 1.47. The van der Waals surface area contributed by atoms with Crippen LogP contribution in [0.3, 0.4) is 0 Å². The SMILES string of the molecule is Cc1noc(CSCC(=O)N2CCC3(CC2)CC(O)CN(C2CCOCC2)C3)n1. The average Bonchev–Trinajstić information content (AvgIpc) is 3.13. The molecule has 1 aromatic rings. The number of β-amino-alcohol motifs (C(OH)–C–C–N with tert-alkyl or cyclic N) is 1. The number of amides is 1. The monoisotopic (exact) mass is 424 g/mol. The molecule has 9 heteroatoms. The molecule has 4 heterocycles. The van der Waals surface area contributed by atoms with E-state index in [4.69, 9.17) is 9.26 Å². The van der Waals surface area contributed by atoms with Crippen LogP contribution in [0, 0.1) is 12.3 Å². The summed E-state index contributed by atoms with van der Waals surface area (Å²) in [5, 5.41) is 14.3. The van der Waals surface area contributed by atoms with Crippen LogP contribution in [0.25, 0.3) is 0 Å². The molecule has 1 N–H and O–H groups in total. The molecule has 1 unspecified atom stereocenters. The molecular formula is C20H32N4O4S. The summed E-state index contributed by atoms with van der Waals surface area (Å²) in [4.78, 5) is 21.3. The number of piperidine rings is 2. The first-order chi connectivity index (χ1) is 14.0. The number of hydrogen-bond acceptors (Lipinski definition) is 8. The molecule has 162 valence electrons. The highest BCUT2D eigenvalue weighted by molar-refractivity contribution is 7.99. The molecule has 1 spiro atoms. The van der Waals surface area contributed by atoms with Crippen molar-refractivity contribution in [2.45, 2.75) is 56.9 Å². The Morgan fingerprint density at radius 3 is 2.76 bits per heavy atom. The molecule has 3 fully saturated rings. The maximum atomic E-state index is 12.6. The minimum Gasteiger partial charge on any atom is -0.392 e. The molecule has 29 heavy (non-hydrogen) atoms. The zero-order chi connectivity index (χ0) is 20.3. The van der Waals surface area contributed by atoms with E-state index in [1.54, 1.807) is 6.92 Å². The molecule has 3 aliphatic rings. The average molecular weight is 425 g/mol. The number of aromatic nitrogens is 2. The second-order valence-electron chi connectivity index (χ2n) is 8.74. The van der Waals surface area contributed by atoms with E-state index < -0.39 is 0 Å². The zero-order valence-corrected chi connectivity index (χ0v) is 18.0. The van der Waals surface area contributed by atoms with Gasteiger partial charge in [0.15, 0.2) is 5.82 Å². The van der Waals surface area contributed by atoms with Crippen molar-refractivity contribution >= 4 is 17.7 Å². The van der Waals surface area contributed by atoms with Crippen LogP contribution < -0.4 is 0 Å². The summed E-state index contributed by atoms with van der Waals surface area (Å²) in [6.07, 6.45) is 4.67. The lowest BCUT2D eigenvalue weighted by atomic mass is 9.71. The van der Waals surface area contributed by atoms with Crippen LogP contribution in [0.1, 0.15) is 43.8 Å². The zero-order valence-electron chi connectivity index (χ0n) is 17.2. The highest BCUT2D eigenvalue weighted by Gasteiger charge is 2.43. The fourth-order valence-electron chi connectivity index (χ4n) is 5.03. The van der Waals surface area contributed by atoms with Gasteiger partial charge in [0.05, 0.1) is 17.6 Å². The Morgan fingerprint density at radius 2 is 2.07 bits per heavy atom. The van der Waals surface area contributed by atoms with Gasteiger partial charge in [-0.25, -0.2) is 0 Å². The molecule has 3 aliphatic heterocycles. The summed E-state index contributed by atoms with van der Waals surface area (Å²) in [7, 11) is 0. The Bertz CT molecular complexity index is 686. The van der Waals surface area contributed by atoms with Gasteiger partial charge in [0.25, 0.3) is 0 Å². The van der Waals surface area contributed by atoms with Crippen LogP contribution in [-0.2, 0) is 15.3 Å². The number of aliphatic hydroxyl groups is 1. The van der Waals surface area contributed by atoms with Gasteiger partial charge in [0, 0.05) is 45.4 Å². The Kier molecular flexibility index (Phi) is 6.78. The summed E-state index contributed by atoms with van der Waals surface area (Å²) in [6, 6.07) is 0.528. The number of carbonyl (C=O) groups is 1. The Labute approximate surface area is 176 Å².